The molecular formula is C22H19NO2. The van der Waals surface area contributed by atoms with Crippen molar-refractivity contribution in [1.29, 1.82) is 0 Å². The van der Waals surface area contributed by atoms with Crippen molar-refractivity contribution >= 4 is 21.9 Å². The number of benzene rings is 2. The van der Waals surface area contributed by atoms with Crippen molar-refractivity contribution in [1.82, 2.24) is 4.98 Å². The molecule has 0 N–H and O–H groups in total. The number of hydrogen-bond acceptors (Lipinski definition) is 3. The normalized spacial score (nSPS) is 12.0. The lowest BCUT2D eigenvalue weighted by atomic mass is 9.87. The monoisotopic (exact) mass is 329 g/mol. The zero-order valence-electron chi connectivity index (χ0n) is 14.5. The molecule has 0 saturated heterocycles. The van der Waals surface area contributed by atoms with Crippen LogP contribution in [0, 0.1) is 0 Å². The summed E-state index contributed by atoms with van der Waals surface area (Å²) >= 11 is 0. The van der Waals surface area contributed by atoms with Gasteiger partial charge < -0.3 is 4.42 Å². The lowest BCUT2D eigenvalue weighted by Gasteiger charge is -2.19. The predicted octanol–water partition coefficient (Wildman–Crippen LogP) is 5.31. The quantitative estimate of drug-likeness (QED) is 0.445. The smallest absolute Gasteiger partial charge is 0.200 e. The number of fused-ring (bicyclic) bond motifs is 2. The van der Waals surface area contributed by atoms with Gasteiger partial charge in [-0.3, -0.25) is 9.78 Å². The van der Waals surface area contributed by atoms with E-state index in [1.54, 1.807) is 6.07 Å². The molecule has 0 saturated carbocycles. The van der Waals surface area contributed by atoms with Gasteiger partial charge in [0, 0.05) is 11.8 Å². The SMILES string of the molecule is CC(C)(C)c1ccnc(-c2cccc3c(=O)c4ccccc4oc23)c1. The molecule has 0 aliphatic rings. The van der Waals surface area contributed by atoms with Crippen molar-refractivity contribution < 1.29 is 4.42 Å². The maximum absolute atomic E-state index is 12.8. The number of nitrogens with zero attached hydrogens (tertiary/aromatic N) is 1. The summed E-state index contributed by atoms with van der Waals surface area (Å²) in [6, 6.07) is 17.1. The van der Waals surface area contributed by atoms with Crippen molar-refractivity contribution in [2.24, 2.45) is 0 Å². The largest absolute Gasteiger partial charge is 0.455 e. The first-order valence-corrected chi connectivity index (χ1v) is 8.36. The van der Waals surface area contributed by atoms with Gasteiger partial charge in [0.05, 0.1) is 16.5 Å². The Balaban J connectivity index is 2.05. The maximum Gasteiger partial charge on any atom is 0.200 e. The molecule has 0 fully saturated rings. The van der Waals surface area contributed by atoms with E-state index in [0.717, 1.165) is 11.3 Å². The second-order valence-corrected chi connectivity index (χ2v) is 7.29. The molecule has 0 aliphatic heterocycles. The Kier molecular flexibility index (Phi) is 3.46. The Morgan fingerprint density at radius 1 is 0.920 bits per heavy atom. The molecule has 0 unspecified atom stereocenters. The summed E-state index contributed by atoms with van der Waals surface area (Å²) in [5.41, 5.74) is 4.05. The van der Waals surface area contributed by atoms with Gasteiger partial charge in [-0.05, 0) is 47.4 Å². The summed E-state index contributed by atoms with van der Waals surface area (Å²) in [5.74, 6) is 0. The first-order valence-electron chi connectivity index (χ1n) is 8.36. The van der Waals surface area contributed by atoms with E-state index < -0.39 is 0 Å². The minimum absolute atomic E-state index is 0.00863. The van der Waals surface area contributed by atoms with Crippen LogP contribution in [0.15, 0.2) is 70.0 Å². The average molecular weight is 329 g/mol. The van der Waals surface area contributed by atoms with E-state index in [9.17, 15) is 4.79 Å². The van der Waals surface area contributed by atoms with Gasteiger partial charge in [0.15, 0.2) is 0 Å². The Labute approximate surface area is 145 Å². The van der Waals surface area contributed by atoms with Crippen LogP contribution >= 0.6 is 0 Å². The van der Waals surface area contributed by atoms with E-state index >= 15 is 0 Å². The third kappa shape index (κ3) is 2.62. The summed E-state index contributed by atoms with van der Waals surface area (Å²) < 4.78 is 6.10. The van der Waals surface area contributed by atoms with Gasteiger partial charge >= 0.3 is 0 Å². The van der Waals surface area contributed by atoms with E-state index in [4.69, 9.17) is 4.42 Å². The molecule has 2 aromatic carbocycles. The summed E-state index contributed by atoms with van der Waals surface area (Å²) in [6.45, 7) is 6.51. The first-order chi connectivity index (χ1) is 11.9. The Morgan fingerprint density at radius 2 is 1.68 bits per heavy atom. The third-order valence-corrected chi connectivity index (χ3v) is 4.51. The van der Waals surface area contributed by atoms with Crippen LogP contribution in [-0.2, 0) is 5.41 Å². The second-order valence-electron chi connectivity index (χ2n) is 7.29. The average Bonchev–Trinajstić information content (AvgIpc) is 2.61. The lowest BCUT2D eigenvalue weighted by Crippen LogP contribution is -2.11. The summed E-state index contributed by atoms with van der Waals surface area (Å²) in [4.78, 5) is 17.3. The van der Waals surface area contributed by atoms with E-state index in [1.165, 1.54) is 5.56 Å². The van der Waals surface area contributed by atoms with Crippen LogP contribution in [0.2, 0.25) is 0 Å². The number of rotatable bonds is 1. The Morgan fingerprint density at radius 3 is 2.48 bits per heavy atom. The molecule has 25 heavy (non-hydrogen) atoms. The highest BCUT2D eigenvalue weighted by molar-refractivity contribution is 5.96. The molecule has 0 bridgehead atoms. The fourth-order valence-corrected chi connectivity index (χ4v) is 3.07. The van der Waals surface area contributed by atoms with Gasteiger partial charge in [0.1, 0.15) is 11.2 Å². The Hall–Kier alpha value is -2.94. The Bertz CT molecular complexity index is 1150. The van der Waals surface area contributed by atoms with E-state index in [0.29, 0.717) is 21.9 Å². The molecule has 0 spiro atoms. The highest BCUT2D eigenvalue weighted by Crippen LogP contribution is 2.31. The molecule has 0 radical (unpaired) electrons. The van der Waals surface area contributed by atoms with E-state index in [1.807, 2.05) is 48.7 Å². The molecule has 0 amide bonds. The molecule has 3 heteroatoms. The fourth-order valence-electron chi connectivity index (χ4n) is 3.07. The standard InChI is InChI=1S/C22H19NO2/c1-22(2,3)14-11-12-23-18(13-14)15-8-6-9-17-20(24)16-7-4-5-10-19(16)25-21(15)17/h4-13H,1-3H3. The van der Waals surface area contributed by atoms with Gasteiger partial charge in [0.25, 0.3) is 0 Å². The van der Waals surface area contributed by atoms with Gasteiger partial charge in [-0.25, -0.2) is 0 Å². The van der Waals surface area contributed by atoms with Crippen molar-refractivity contribution in [2.75, 3.05) is 0 Å². The van der Waals surface area contributed by atoms with Gasteiger partial charge in [0.2, 0.25) is 5.43 Å². The molecular weight excluding hydrogens is 310 g/mol. The van der Waals surface area contributed by atoms with Crippen LogP contribution in [0.5, 0.6) is 0 Å². The van der Waals surface area contributed by atoms with Crippen LogP contribution in [-0.4, -0.2) is 4.98 Å². The molecule has 124 valence electrons. The van der Waals surface area contributed by atoms with Crippen LogP contribution < -0.4 is 5.43 Å². The maximum atomic E-state index is 12.8. The minimum atomic E-state index is -0.00863. The fraction of sp³-hybridized carbons (Fsp3) is 0.182. The first kappa shape index (κ1) is 15.6. The molecule has 2 heterocycles. The van der Waals surface area contributed by atoms with Gasteiger partial charge in [-0.2, -0.15) is 0 Å². The molecule has 2 aromatic heterocycles. The summed E-state index contributed by atoms with van der Waals surface area (Å²) in [6.07, 6.45) is 1.81. The molecule has 0 atom stereocenters. The zero-order valence-corrected chi connectivity index (χ0v) is 14.5. The summed E-state index contributed by atoms with van der Waals surface area (Å²) in [5, 5.41) is 1.18. The number of aromatic nitrogens is 1. The molecule has 3 nitrogen and oxygen atoms in total. The third-order valence-electron chi connectivity index (χ3n) is 4.51. The highest BCUT2D eigenvalue weighted by atomic mass is 16.3. The van der Waals surface area contributed by atoms with Crippen molar-refractivity contribution in [3.8, 4) is 11.3 Å². The van der Waals surface area contributed by atoms with Crippen LogP contribution in [0.25, 0.3) is 33.2 Å². The van der Waals surface area contributed by atoms with Gasteiger partial charge in [-0.1, -0.05) is 39.0 Å². The van der Waals surface area contributed by atoms with Crippen LogP contribution in [0.1, 0.15) is 26.3 Å². The number of hydrogen-bond donors (Lipinski definition) is 0. The minimum Gasteiger partial charge on any atom is -0.455 e. The van der Waals surface area contributed by atoms with E-state index in [2.05, 4.69) is 31.8 Å². The second kappa shape index (κ2) is 5.55. The van der Waals surface area contributed by atoms with Crippen LogP contribution in [0.4, 0.5) is 0 Å². The molecule has 0 aliphatic carbocycles. The zero-order chi connectivity index (χ0) is 17.6. The van der Waals surface area contributed by atoms with E-state index in [-0.39, 0.29) is 10.8 Å². The number of para-hydroxylation sites is 2. The van der Waals surface area contributed by atoms with Crippen LogP contribution in [0.3, 0.4) is 0 Å². The topological polar surface area (TPSA) is 43.1 Å². The van der Waals surface area contributed by atoms with Crippen molar-refractivity contribution in [3.63, 3.8) is 0 Å². The van der Waals surface area contributed by atoms with Gasteiger partial charge in [-0.15, -0.1) is 0 Å². The predicted molar refractivity (Wildman–Crippen MR) is 102 cm³/mol. The molecule has 4 aromatic rings. The van der Waals surface area contributed by atoms with Crippen molar-refractivity contribution in [2.45, 2.75) is 26.2 Å². The molecule has 4 rings (SSSR count). The van der Waals surface area contributed by atoms with Crippen molar-refractivity contribution in [3.05, 3.63) is 76.6 Å². The number of pyridine rings is 1. The lowest BCUT2D eigenvalue weighted by molar-refractivity contribution is 0.589. The highest BCUT2D eigenvalue weighted by Gasteiger charge is 2.17. The summed E-state index contributed by atoms with van der Waals surface area (Å²) in [7, 11) is 0.